The Morgan fingerprint density at radius 3 is 1.76 bits per heavy atom. The van der Waals surface area contributed by atoms with Gasteiger partial charge in [0, 0.05) is 58.3 Å². The number of carbonyl (C=O) groups is 5. The summed E-state index contributed by atoms with van der Waals surface area (Å²) in [7, 11) is 0. The summed E-state index contributed by atoms with van der Waals surface area (Å²) >= 11 is 0. The molecule has 2 heterocycles. The Labute approximate surface area is 269 Å². The number of carbonyl (C=O) groups excluding carboxylic acids is 5. The van der Waals surface area contributed by atoms with E-state index in [9.17, 15) is 49.5 Å². The maximum atomic E-state index is 13.8. The van der Waals surface area contributed by atoms with Crippen LogP contribution in [0.1, 0.15) is 55.4 Å². The number of aliphatic hydroxyl groups is 5. The van der Waals surface area contributed by atoms with Gasteiger partial charge in [0.2, 0.25) is 5.78 Å². The van der Waals surface area contributed by atoms with Crippen molar-refractivity contribution in [3.05, 3.63) is 58.4 Å². The molecule has 46 heavy (non-hydrogen) atoms. The van der Waals surface area contributed by atoms with E-state index in [1.807, 2.05) is 0 Å². The molecule has 2 aliphatic carbocycles. The SMILES string of the molecule is C/C1=C/C=C\[C@H](C)[C@H](O)[C@@H](C)[C@@H](O)[C@@H](C)[C@H](O)[C@H](C)[C@@H](O)C(C)/C=C(/C)C(=O)C2C(=O)C(C)C(O)C3=C2C(=O)C=C(NC1=O)C3=O. The molecule has 0 spiro atoms. The van der Waals surface area contributed by atoms with Crippen molar-refractivity contribution in [1.29, 1.82) is 0 Å². The Morgan fingerprint density at radius 1 is 0.674 bits per heavy atom. The fourth-order valence-corrected chi connectivity index (χ4v) is 6.54. The van der Waals surface area contributed by atoms with Gasteiger partial charge in [-0.25, -0.2) is 0 Å². The van der Waals surface area contributed by atoms with E-state index >= 15 is 0 Å². The quantitative estimate of drug-likeness (QED) is 0.166. The third-order valence-electron chi connectivity index (χ3n) is 9.95. The van der Waals surface area contributed by atoms with Crippen LogP contribution in [0, 0.1) is 41.4 Å². The van der Waals surface area contributed by atoms with Crippen molar-refractivity contribution in [1.82, 2.24) is 5.32 Å². The number of fused-ring (bicyclic) bond motifs is 15. The van der Waals surface area contributed by atoms with E-state index in [-0.39, 0.29) is 11.1 Å². The summed E-state index contributed by atoms with van der Waals surface area (Å²) in [6, 6.07) is 0. The van der Waals surface area contributed by atoms with Crippen molar-refractivity contribution in [3.8, 4) is 0 Å². The molecule has 0 aromatic rings. The van der Waals surface area contributed by atoms with Crippen molar-refractivity contribution in [2.45, 2.75) is 85.9 Å². The highest BCUT2D eigenvalue weighted by Crippen LogP contribution is 2.38. The predicted molar refractivity (Wildman–Crippen MR) is 168 cm³/mol. The Kier molecular flexibility index (Phi) is 11.8. The number of ketones is 4. The fourth-order valence-electron chi connectivity index (χ4n) is 6.54. The summed E-state index contributed by atoms with van der Waals surface area (Å²) in [4.78, 5) is 67.0. The highest BCUT2D eigenvalue weighted by Gasteiger charge is 2.50. The van der Waals surface area contributed by atoms with Crippen LogP contribution >= 0.6 is 0 Å². The first kappa shape index (κ1) is 37.1. The summed E-state index contributed by atoms with van der Waals surface area (Å²) < 4.78 is 0. The topological polar surface area (TPSA) is 199 Å². The third-order valence-corrected chi connectivity index (χ3v) is 9.95. The molecule has 0 aromatic carbocycles. The number of aliphatic hydroxyl groups excluding tert-OH is 5. The van der Waals surface area contributed by atoms with E-state index in [2.05, 4.69) is 5.32 Å². The zero-order chi connectivity index (χ0) is 34.9. The van der Waals surface area contributed by atoms with Gasteiger partial charge in [0.05, 0.1) is 36.2 Å². The smallest absolute Gasteiger partial charge is 0.251 e. The molecule has 4 rings (SSSR count). The van der Waals surface area contributed by atoms with Gasteiger partial charge in [-0.15, -0.1) is 0 Å². The predicted octanol–water partition coefficient (Wildman–Crippen LogP) is 1.29. The lowest BCUT2D eigenvalue weighted by molar-refractivity contribution is -0.136. The fraction of sp³-hybridized carbons (Fsp3) is 0.571. The molecule has 0 fully saturated rings. The van der Waals surface area contributed by atoms with Crippen LogP contribution in [0.5, 0.6) is 0 Å². The Morgan fingerprint density at radius 2 is 1.20 bits per heavy atom. The summed E-state index contributed by atoms with van der Waals surface area (Å²) in [6.07, 6.45) is 0.591. The van der Waals surface area contributed by atoms with Crippen LogP contribution in [-0.4, -0.2) is 85.1 Å². The van der Waals surface area contributed by atoms with Gasteiger partial charge in [-0.3, -0.25) is 24.0 Å². The van der Waals surface area contributed by atoms with Crippen LogP contribution in [0.15, 0.2) is 58.4 Å². The van der Waals surface area contributed by atoms with E-state index in [0.717, 1.165) is 6.08 Å². The summed E-state index contributed by atoms with van der Waals surface area (Å²) in [5.74, 6) is -10.3. The van der Waals surface area contributed by atoms with E-state index < -0.39 is 118 Å². The molecule has 6 N–H and O–H groups in total. The molecule has 252 valence electrons. The molecular formula is C35H47NO10. The first-order valence-corrected chi connectivity index (χ1v) is 15.7. The molecule has 2 aliphatic heterocycles. The second-order valence-corrected chi connectivity index (χ2v) is 13.3. The van der Waals surface area contributed by atoms with E-state index in [4.69, 9.17) is 0 Å². The van der Waals surface area contributed by atoms with Crippen LogP contribution in [0.4, 0.5) is 0 Å². The average molecular weight is 642 g/mol. The lowest BCUT2D eigenvalue weighted by Crippen LogP contribution is -2.49. The summed E-state index contributed by atoms with van der Waals surface area (Å²) in [6.45, 7) is 12.4. The Bertz CT molecular complexity index is 1430. The molecule has 4 unspecified atom stereocenters. The molecule has 0 aromatic heterocycles. The van der Waals surface area contributed by atoms with Crippen molar-refractivity contribution in [3.63, 3.8) is 0 Å². The first-order valence-electron chi connectivity index (χ1n) is 15.7. The van der Waals surface area contributed by atoms with Crippen LogP contribution in [0.3, 0.4) is 0 Å². The zero-order valence-electron chi connectivity index (χ0n) is 27.6. The number of Topliss-reactive ketones (excluding diaryl/α,β-unsaturated/α-hetero) is 3. The monoisotopic (exact) mass is 641 g/mol. The highest BCUT2D eigenvalue weighted by atomic mass is 16.3. The van der Waals surface area contributed by atoms with Crippen molar-refractivity contribution in [2.75, 3.05) is 0 Å². The maximum absolute atomic E-state index is 13.8. The van der Waals surface area contributed by atoms with Crippen LogP contribution in [0.25, 0.3) is 0 Å². The van der Waals surface area contributed by atoms with Gasteiger partial charge in [-0.05, 0) is 19.4 Å². The van der Waals surface area contributed by atoms with Crippen molar-refractivity contribution in [2.24, 2.45) is 41.4 Å². The summed E-state index contributed by atoms with van der Waals surface area (Å²) in [5, 5.41) is 57.6. The van der Waals surface area contributed by atoms with Gasteiger partial charge in [0.1, 0.15) is 5.92 Å². The van der Waals surface area contributed by atoms with E-state index in [1.165, 1.54) is 39.0 Å². The molecule has 0 saturated heterocycles. The Hall–Kier alpha value is -3.35. The molecule has 4 bridgehead atoms. The van der Waals surface area contributed by atoms with E-state index in [1.54, 1.807) is 40.7 Å². The standard InChI is InChI=1S/C35H47NO10/c1-14-10-9-11-15(2)35(46)36-22-13-23(37)24-25(32(43)21(8)33(44)26(24)34(22)45)29(40)17(4)12-16(3)28(39)19(6)31(42)20(7)30(41)18(5)27(14)38/h9-14,16,18-21,25,27-28,30-31,33,38-39,41-42,44H,1-8H3,(H,36,46)/b10-9-,15-11-,17-12-/t14-,16?,18+,19+,20+,21?,25?,27-,28-,30+,31+,33?/m0/s1. The number of nitrogens with one attached hydrogen (secondary N) is 1. The van der Waals surface area contributed by atoms with Crippen LogP contribution < -0.4 is 5.32 Å². The average Bonchev–Trinajstić information content (AvgIpc) is 3.02. The second kappa shape index (κ2) is 14.6. The normalized spacial score (nSPS) is 42.1. The van der Waals surface area contributed by atoms with E-state index in [0.29, 0.717) is 0 Å². The molecule has 1 amide bonds. The van der Waals surface area contributed by atoms with Gasteiger partial charge in [0.15, 0.2) is 17.3 Å². The van der Waals surface area contributed by atoms with Crippen LogP contribution in [-0.2, 0) is 24.0 Å². The first-order chi connectivity index (χ1) is 21.3. The number of amides is 1. The second-order valence-electron chi connectivity index (χ2n) is 13.3. The molecule has 11 nitrogen and oxygen atoms in total. The largest absolute Gasteiger partial charge is 0.392 e. The minimum absolute atomic E-state index is 0.0239. The van der Waals surface area contributed by atoms with Gasteiger partial charge < -0.3 is 30.8 Å². The van der Waals surface area contributed by atoms with Gasteiger partial charge in [-0.1, -0.05) is 65.8 Å². The molecule has 12 atom stereocenters. The number of rotatable bonds is 0. The van der Waals surface area contributed by atoms with Crippen molar-refractivity contribution < 1.29 is 49.5 Å². The van der Waals surface area contributed by atoms with Crippen LogP contribution in [0.2, 0.25) is 0 Å². The third kappa shape index (κ3) is 7.13. The Balaban J connectivity index is 2.14. The molecule has 4 aliphatic rings. The molecule has 0 radical (unpaired) electrons. The molecule has 0 saturated carbocycles. The number of allylic oxidation sites excluding steroid dienone is 6. The van der Waals surface area contributed by atoms with Gasteiger partial charge in [-0.2, -0.15) is 0 Å². The summed E-state index contributed by atoms with van der Waals surface area (Å²) in [5.41, 5.74) is -1.10. The lowest BCUT2D eigenvalue weighted by Gasteiger charge is -2.37. The zero-order valence-corrected chi connectivity index (χ0v) is 27.6. The maximum Gasteiger partial charge on any atom is 0.251 e. The minimum Gasteiger partial charge on any atom is -0.392 e. The van der Waals surface area contributed by atoms with Gasteiger partial charge in [0.25, 0.3) is 5.91 Å². The number of hydrogen-bond donors (Lipinski definition) is 6. The molecule has 11 heteroatoms. The minimum atomic E-state index is -1.68. The van der Waals surface area contributed by atoms with Gasteiger partial charge >= 0.3 is 0 Å². The number of hydrogen-bond acceptors (Lipinski definition) is 10. The van der Waals surface area contributed by atoms with Crippen molar-refractivity contribution >= 4 is 29.0 Å². The highest BCUT2D eigenvalue weighted by molar-refractivity contribution is 6.30. The lowest BCUT2D eigenvalue weighted by atomic mass is 9.67. The molecular weight excluding hydrogens is 594 g/mol.